The molecule has 0 aromatic heterocycles. The van der Waals surface area contributed by atoms with E-state index in [1.807, 2.05) is 0 Å². The van der Waals surface area contributed by atoms with Crippen LogP contribution in [0.2, 0.25) is 0 Å². The Hall–Kier alpha value is -1.89. The van der Waals surface area contributed by atoms with E-state index in [0.717, 1.165) is 0 Å². The fourth-order valence-electron chi connectivity index (χ4n) is 2.57. The molecule has 1 aliphatic heterocycles. The monoisotopic (exact) mass is 284 g/mol. The molecule has 1 saturated carbocycles. The summed E-state index contributed by atoms with van der Waals surface area (Å²) in [5, 5.41) is 8.83. The number of aliphatic hydroxyl groups excluding tert-OH is 1. The number of hydrogen-bond acceptors (Lipinski definition) is 7. The van der Waals surface area contributed by atoms with E-state index < -0.39 is 48.6 Å². The van der Waals surface area contributed by atoms with Crippen molar-refractivity contribution >= 4 is 17.9 Å². The first-order valence-corrected chi connectivity index (χ1v) is 6.25. The van der Waals surface area contributed by atoms with Gasteiger partial charge in [-0.1, -0.05) is 6.58 Å². The molecular formula is C13H16O7. The summed E-state index contributed by atoms with van der Waals surface area (Å²) in [6.07, 6.45) is -0.790. The van der Waals surface area contributed by atoms with Crippen molar-refractivity contribution in [3.63, 3.8) is 0 Å². The fourth-order valence-corrected chi connectivity index (χ4v) is 2.57. The lowest BCUT2D eigenvalue weighted by molar-refractivity contribution is -0.160. The summed E-state index contributed by atoms with van der Waals surface area (Å²) < 4.78 is 15.0. The van der Waals surface area contributed by atoms with Crippen molar-refractivity contribution in [2.45, 2.75) is 25.0 Å². The predicted molar refractivity (Wildman–Crippen MR) is 64.2 cm³/mol. The van der Waals surface area contributed by atoms with Gasteiger partial charge in [0.25, 0.3) is 0 Å². The van der Waals surface area contributed by atoms with Crippen LogP contribution in [0.25, 0.3) is 0 Å². The Kier molecular flexibility index (Phi) is 4.08. The lowest BCUT2D eigenvalue weighted by Gasteiger charge is -2.30. The van der Waals surface area contributed by atoms with Crippen molar-refractivity contribution in [1.82, 2.24) is 0 Å². The second-order valence-corrected chi connectivity index (χ2v) is 4.89. The molecule has 2 bridgehead atoms. The van der Waals surface area contributed by atoms with E-state index in [4.69, 9.17) is 14.6 Å². The molecule has 2 fully saturated rings. The zero-order chi connectivity index (χ0) is 14.9. The Labute approximate surface area is 115 Å². The molecule has 1 saturated heterocycles. The smallest absolute Gasteiger partial charge is 0.336 e. The maximum atomic E-state index is 11.7. The van der Waals surface area contributed by atoms with Gasteiger partial charge in [0.15, 0.2) is 0 Å². The number of ether oxygens (including phenoxy) is 3. The highest BCUT2D eigenvalue weighted by atomic mass is 16.6. The van der Waals surface area contributed by atoms with E-state index in [1.165, 1.54) is 7.11 Å². The van der Waals surface area contributed by atoms with E-state index >= 15 is 0 Å². The number of carbonyl (C=O) groups excluding carboxylic acids is 3. The minimum absolute atomic E-state index is 0.0916. The Balaban J connectivity index is 2.11. The fraction of sp³-hybridized carbons (Fsp3) is 0.615. The van der Waals surface area contributed by atoms with Crippen LogP contribution in [0.5, 0.6) is 0 Å². The van der Waals surface area contributed by atoms with E-state index in [2.05, 4.69) is 11.3 Å². The average molecular weight is 284 g/mol. The molecule has 4 atom stereocenters. The Morgan fingerprint density at radius 2 is 2.15 bits per heavy atom. The van der Waals surface area contributed by atoms with Crippen molar-refractivity contribution in [3.05, 3.63) is 12.2 Å². The summed E-state index contributed by atoms with van der Waals surface area (Å²) in [6, 6.07) is 0. The topological polar surface area (TPSA) is 99.1 Å². The van der Waals surface area contributed by atoms with Gasteiger partial charge in [-0.25, -0.2) is 4.79 Å². The molecule has 0 spiro atoms. The summed E-state index contributed by atoms with van der Waals surface area (Å²) in [6.45, 7) is 2.85. The van der Waals surface area contributed by atoms with Crippen LogP contribution in [0.15, 0.2) is 12.2 Å². The van der Waals surface area contributed by atoms with Crippen LogP contribution in [0.3, 0.4) is 0 Å². The molecule has 0 aromatic rings. The maximum Gasteiger partial charge on any atom is 0.336 e. The number of carbonyl (C=O) groups is 3. The third kappa shape index (κ3) is 2.53. The van der Waals surface area contributed by atoms with Crippen molar-refractivity contribution in [3.8, 4) is 0 Å². The van der Waals surface area contributed by atoms with Gasteiger partial charge in [0, 0.05) is 12.8 Å². The molecule has 7 heteroatoms. The van der Waals surface area contributed by atoms with Crippen LogP contribution in [-0.2, 0) is 28.6 Å². The molecule has 7 nitrogen and oxygen atoms in total. The van der Waals surface area contributed by atoms with Crippen LogP contribution >= 0.6 is 0 Å². The summed E-state index contributed by atoms with van der Waals surface area (Å²) in [4.78, 5) is 35.0. The SMILES string of the molecule is C=C(CO)C(=O)OC1CC(C(=O)OC)C2CC1OC2=O. The van der Waals surface area contributed by atoms with Crippen LogP contribution in [-0.4, -0.2) is 48.9 Å². The van der Waals surface area contributed by atoms with Crippen LogP contribution in [0.1, 0.15) is 12.8 Å². The van der Waals surface area contributed by atoms with Crippen LogP contribution in [0.4, 0.5) is 0 Å². The van der Waals surface area contributed by atoms with Crippen molar-refractivity contribution in [2.75, 3.05) is 13.7 Å². The number of fused-ring (bicyclic) bond motifs is 2. The molecular weight excluding hydrogens is 268 g/mol. The van der Waals surface area contributed by atoms with Gasteiger partial charge in [-0.3, -0.25) is 9.59 Å². The Bertz CT molecular complexity index is 456. The van der Waals surface area contributed by atoms with Crippen molar-refractivity contribution < 1.29 is 33.7 Å². The largest absolute Gasteiger partial charge is 0.469 e. The Morgan fingerprint density at radius 1 is 1.45 bits per heavy atom. The quantitative estimate of drug-likeness (QED) is 0.425. The molecule has 0 aromatic carbocycles. The minimum atomic E-state index is -0.762. The van der Waals surface area contributed by atoms with Gasteiger partial charge >= 0.3 is 17.9 Å². The molecule has 0 amide bonds. The van der Waals surface area contributed by atoms with Crippen LogP contribution in [0, 0.1) is 11.8 Å². The van der Waals surface area contributed by atoms with Gasteiger partial charge in [-0.2, -0.15) is 0 Å². The lowest BCUT2D eigenvalue weighted by atomic mass is 9.78. The number of esters is 3. The molecule has 2 aliphatic rings. The van der Waals surface area contributed by atoms with Gasteiger partial charge in [0.2, 0.25) is 0 Å². The summed E-state index contributed by atoms with van der Waals surface area (Å²) >= 11 is 0. The standard InChI is InChI=1S/C13H16O7/c1-6(5-14)11(15)19-9-3-7(12(16)18-2)8-4-10(9)20-13(8)17/h7-10,14H,1,3-5H2,2H3. The minimum Gasteiger partial charge on any atom is -0.469 e. The Morgan fingerprint density at radius 3 is 2.75 bits per heavy atom. The molecule has 110 valence electrons. The van der Waals surface area contributed by atoms with Crippen LogP contribution < -0.4 is 0 Å². The molecule has 2 rings (SSSR count). The first-order valence-electron chi connectivity index (χ1n) is 6.25. The van der Waals surface area contributed by atoms with Gasteiger partial charge in [0.1, 0.15) is 12.2 Å². The lowest BCUT2D eigenvalue weighted by Crippen LogP contribution is -2.41. The molecule has 1 aliphatic carbocycles. The summed E-state index contributed by atoms with van der Waals surface area (Å²) in [7, 11) is 1.24. The zero-order valence-corrected chi connectivity index (χ0v) is 11.0. The molecule has 1 N–H and O–H groups in total. The molecule has 20 heavy (non-hydrogen) atoms. The number of aliphatic hydroxyl groups is 1. The van der Waals surface area contributed by atoms with Gasteiger partial charge < -0.3 is 19.3 Å². The highest BCUT2D eigenvalue weighted by Crippen LogP contribution is 2.40. The maximum absolute atomic E-state index is 11.7. The van der Waals surface area contributed by atoms with Crippen molar-refractivity contribution in [1.29, 1.82) is 0 Å². The van der Waals surface area contributed by atoms with Crippen molar-refractivity contribution in [2.24, 2.45) is 11.8 Å². The average Bonchev–Trinajstić information content (AvgIpc) is 2.77. The van der Waals surface area contributed by atoms with Gasteiger partial charge in [-0.05, 0) is 0 Å². The summed E-state index contributed by atoms with van der Waals surface area (Å²) in [5.74, 6) is -2.96. The third-order valence-corrected chi connectivity index (χ3v) is 3.69. The van der Waals surface area contributed by atoms with Gasteiger partial charge in [-0.15, -0.1) is 0 Å². The highest BCUT2D eigenvalue weighted by molar-refractivity contribution is 5.88. The van der Waals surface area contributed by atoms with Gasteiger partial charge in [0.05, 0.1) is 31.1 Å². The van der Waals surface area contributed by atoms with E-state index in [-0.39, 0.29) is 12.0 Å². The summed E-state index contributed by atoms with van der Waals surface area (Å²) in [5.41, 5.74) is -0.0916. The molecule has 0 radical (unpaired) electrons. The first kappa shape index (κ1) is 14.5. The second-order valence-electron chi connectivity index (χ2n) is 4.89. The third-order valence-electron chi connectivity index (χ3n) is 3.69. The molecule has 1 heterocycles. The molecule has 4 unspecified atom stereocenters. The van der Waals surface area contributed by atoms with E-state index in [0.29, 0.717) is 6.42 Å². The zero-order valence-electron chi connectivity index (χ0n) is 11.0. The number of methoxy groups -OCH3 is 1. The highest BCUT2D eigenvalue weighted by Gasteiger charge is 2.53. The second kappa shape index (κ2) is 5.62. The number of rotatable bonds is 4. The number of hydrogen-bond donors (Lipinski definition) is 1. The predicted octanol–water partition coefficient (Wildman–Crippen LogP) is -0.429. The van der Waals surface area contributed by atoms with E-state index in [9.17, 15) is 14.4 Å². The first-order chi connectivity index (χ1) is 9.47. The normalized spacial score (nSPS) is 31.4. The van der Waals surface area contributed by atoms with E-state index in [1.54, 1.807) is 0 Å².